The Balaban J connectivity index is 1.46. The van der Waals surface area contributed by atoms with Crippen LogP contribution < -0.4 is 15.4 Å². The van der Waals surface area contributed by atoms with E-state index < -0.39 is 4.92 Å². The maximum atomic E-state index is 12.1. The van der Waals surface area contributed by atoms with Crippen molar-refractivity contribution in [2.24, 2.45) is 5.92 Å². The van der Waals surface area contributed by atoms with E-state index in [0.29, 0.717) is 5.75 Å². The summed E-state index contributed by atoms with van der Waals surface area (Å²) >= 11 is 0. The standard InChI is InChI=1S/C20H21N3O5/c1-13(14-4-6-16(7-5-14)22-20(25)15-2-3-15)21-19(24)12-28-18-10-8-17(9-11-18)23(26)27/h4-11,13,15H,2-3,12H2,1H3,(H,21,24)(H,22,25). The number of amides is 2. The van der Waals surface area contributed by atoms with E-state index in [0.717, 1.165) is 24.1 Å². The Morgan fingerprint density at radius 3 is 2.36 bits per heavy atom. The van der Waals surface area contributed by atoms with Gasteiger partial charge in [0.05, 0.1) is 11.0 Å². The molecule has 0 heterocycles. The largest absolute Gasteiger partial charge is 0.484 e. The highest BCUT2D eigenvalue weighted by molar-refractivity contribution is 5.94. The minimum atomic E-state index is -0.499. The van der Waals surface area contributed by atoms with Gasteiger partial charge >= 0.3 is 0 Å². The lowest BCUT2D eigenvalue weighted by Crippen LogP contribution is -2.31. The molecule has 0 aliphatic heterocycles. The SMILES string of the molecule is CC(NC(=O)COc1ccc([N+](=O)[O-])cc1)c1ccc(NC(=O)C2CC2)cc1. The van der Waals surface area contributed by atoms with Gasteiger partial charge in [-0.05, 0) is 49.6 Å². The molecule has 0 saturated heterocycles. The van der Waals surface area contributed by atoms with Crippen LogP contribution in [0.2, 0.25) is 0 Å². The Hall–Kier alpha value is -3.42. The van der Waals surface area contributed by atoms with Crippen LogP contribution in [-0.4, -0.2) is 23.3 Å². The first-order valence-corrected chi connectivity index (χ1v) is 9.00. The van der Waals surface area contributed by atoms with Crippen LogP contribution >= 0.6 is 0 Å². The molecular formula is C20H21N3O5. The highest BCUT2D eigenvalue weighted by atomic mass is 16.6. The van der Waals surface area contributed by atoms with Gasteiger partial charge in [-0.15, -0.1) is 0 Å². The topological polar surface area (TPSA) is 111 Å². The van der Waals surface area contributed by atoms with Crippen molar-refractivity contribution in [1.29, 1.82) is 0 Å². The molecule has 1 aliphatic rings. The molecule has 3 rings (SSSR count). The van der Waals surface area contributed by atoms with Gasteiger partial charge in [0.1, 0.15) is 5.75 Å². The van der Waals surface area contributed by atoms with Crippen LogP contribution in [0.4, 0.5) is 11.4 Å². The van der Waals surface area contributed by atoms with Crippen LogP contribution in [0.25, 0.3) is 0 Å². The number of nitrogens with one attached hydrogen (secondary N) is 2. The molecule has 8 nitrogen and oxygen atoms in total. The molecule has 2 amide bonds. The van der Waals surface area contributed by atoms with Crippen molar-refractivity contribution < 1.29 is 19.2 Å². The first-order chi connectivity index (χ1) is 13.4. The molecule has 0 radical (unpaired) electrons. The number of anilines is 1. The third-order valence-corrected chi connectivity index (χ3v) is 4.42. The Morgan fingerprint density at radius 1 is 1.14 bits per heavy atom. The molecule has 0 spiro atoms. The number of nitro groups is 1. The van der Waals surface area contributed by atoms with Crippen molar-refractivity contribution in [3.05, 3.63) is 64.2 Å². The molecule has 146 valence electrons. The van der Waals surface area contributed by atoms with E-state index in [4.69, 9.17) is 4.74 Å². The Labute approximate surface area is 162 Å². The lowest BCUT2D eigenvalue weighted by atomic mass is 10.1. The summed E-state index contributed by atoms with van der Waals surface area (Å²) < 4.78 is 5.35. The molecule has 1 unspecified atom stereocenters. The van der Waals surface area contributed by atoms with Crippen LogP contribution in [0.3, 0.4) is 0 Å². The highest BCUT2D eigenvalue weighted by Gasteiger charge is 2.29. The van der Waals surface area contributed by atoms with E-state index in [1.54, 1.807) is 0 Å². The third-order valence-electron chi connectivity index (χ3n) is 4.42. The molecule has 1 aliphatic carbocycles. The Kier molecular flexibility index (Phi) is 5.88. The highest BCUT2D eigenvalue weighted by Crippen LogP contribution is 2.30. The number of hydrogen-bond acceptors (Lipinski definition) is 5. The van der Waals surface area contributed by atoms with Gasteiger partial charge in [0, 0.05) is 23.7 Å². The fourth-order valence-electron chi connectivity index (χ4n) is 2.62. The summed E-state index contributed by atoms with van der Waals surface area (Å²) in [4.78, 5) is 34.0. The molecule has 8 heteroatoms. The first-order valence-electron chi connectivity index (χ1n) is 9.00. The molecule has 1 fully saturated rings. The zero-order valence-electron chi connectivity index (χ0n) is 15.4. The second-order valence-corrected chi connectivity index (χ2v) is 6.71. The second-order valence-electron chi connectivity index (χ2n) is 6.71. The van der Waals surface area contributed by atoms with Gasteiger partial charge in [0.2, 0.25) is 5.91 Å². The van der Waals surface area contributed by atoms with Crippen LogP contribution in [0, 0.1) is 16.0 Å². The number of carbonyl (C=O) groups excluding carboxylic acids is 2. The van der Waals surface area contributed by atoms with Gasteiger partial charge < -0.3 is 15.4 Å². The maximum absolute atomic E-state index is 12.1. The van der Waals surface area contributed by atoms with E-state index in [9.17, 15) is 19.7 Å². The van der Waals surface area contributed by atoms with Crippen LogP contribution in [-0.2, 0) is 9.59 Å². The molecule has 2 aromatic rings. The predicted octanol–water partition coefficient (Wildman–Crippen LogP) is 3.20. The average molecular weight is 383 g/mol. The van der Waals surface area contributed by atoms with Gasteiger partial charge in [0.15, 0.2) is 6.61 Å². The fraction of sp³-hybridized carbons (Fsp3) is 0.300. The van der Waals surface area contributed by atoms with E-state index in [2.05, 4.69) is 10.6 Å². The third kappa shape index (κ3) is 5.29. The van der Waals surface area contributed by atoms with Gasteiger partial charge in [-0.25, -0.2) is 0 Å². The van der Waals surface area contributed by atoms with Crippen molar-refractivity contribution >= 4 is 23.2 Å². The van der Waals surface area contributed by atoms with Crippen LogP contribution in [0.15, 0.2) is 48.5 Å². The fourth-order valence-corrected chi connectivity index (χ4v) is 2.62. The zero-order valence-corrected chi connectivity index (χ0v) is 15.4. The number of benzene rings is 2. The number of carbonyl (C=O) groups is 2. The maximum Gasteiger partial charge on any atom is 0.269 e. The lowest BCUT2D eigenvalue weighted by molar-refractivity contribution is -0.384. The van der Waals surface area contributed by atoms with Crippen LogP contribution in [0.5, 0.6) is 5.75 Å². The summed E-state index contributed by atoms with van der Waals surface area (Å²) in [5.41, 5.74) is 1.59. The quantitative estimate of drug-likeness (QED) is 0.537. The number of hydrogen-bond donors (Lipinski definition) is 2. The molecule has 0 bridgehead atoms. The van der Waals surface area contributed by atoms with Crippen molar-refractivity contribution in [1.82, 2.24) is 5.32 Å². The molecule has 1 atom stereocenters. The molecule has 1 saturated carbocycles. The van der Waals surface area contributed by atoms with E-state index in [1.807, 2.05) is 31.2 Å². The molecule has 0 aromatic heterocycles. The predicted molar refractivity (Wildman–Crippen MR) is 103 cm³/mol. The summed E-state index contributed by atoms with van der Waals surface area (Å²) in [6.45, 7) is 1.65. The molecule has 2 N–H and O–H groups in total. The van der Waals surface area contributed by atoms with Crippen molar-refractivity contribution in [2.45, 2.75) is 25.8 Å². The van der Waals surface area contributed by atoms with Crippen molar-refractivity contribution in [3.8, 4) is 5.75 Å². The zero-order chi connectivity index (χ0) is 20.1. The number of nitrogens with zero attached hydrogens (tertiary/aromatic N) is 1. The van der Waals surface area contributed by atoms with Gasteiger partial charge in [-0.1, -0.05) is 12.1 Å². The minimum absolute atomic E-state index is 0.0396. The number of ether oxygens (including phenoxy) is 1. The van der Waals surface area contributed by atoms with E-state index in [1.165, 1.54) is 24.3 Å². The van der Waals surface area contributed by atoms with Gasteiger partial charge in [0.25, 0.3) is 11.6 Å². The first kappa shape index (κ1) is 19.3. The summed E-state index contributed by atoms with van der Waals surface area (Å²) in [5, 5.41) is 16.3. The van der Waals surface area contributed by atoms with E-state index >= 15 is 0 Å². The van der Waals surface area contributed by atoms with Gasteiger partial charge in [-0.3, -0.25) is 19.7 Å². The van der Waals surface area contributed by atoms with E-state index in [-0.39, 0.29) is 36.1 Å². The van der Waals surface area contributed by atoms with Gasteiger partial charge in [-0.2, -0.15) is 0 Å². The minimum Gasteiger partial charge on any atom is -0.484 e. The molecular weight excluding hydrogens is 362 g/mol. The number of nitro benzene ring substituents is 1. The Bertz CT molecular complexity index is 860. The normalized spacial score (nSPS) is 14.0. The number of rotatable bonds is 8. The average Bonchev–Trinajstić information content (AvgIpc) is 3.52. The smallest absolute Gasteiger partial charge is 0.269 e. The monoisotopic (exact) mass is 383 g/mol. The summed E-state index contributed by atoms with van der Waals surface area (Å²) in [6, 6.07) is 12.6. The second kappa shape index (κ2) is 8.51. The number of non-ortho nitro benzene ring substituents is 1. The Morgan fingerprint density at radius 2 is 1.79 bits per heavy atom. The summed E-state index contributed by atoms with van der Waals surface area (Å²) in [6.07, 6.45) is 1.91. The molecule has 2 aromatic carbocycles. The lowest BCUT2D eigenvalue weighted by Gasteiger charge is -2.15. The molecule has 28 heavy (non-hydrogen) atoms. The van der Waals surface area contributed by atoms with Crippen LogP contribution in [0.1, 0.15) is 31.4 Å². The summed E-state index contributed by atoms with van der Waals surface area (Å²) in [7, 11) is 0. The van der Waals surface area contributed by atoms with Crippen molar-refractivity contribution in [3.63, 3.8) is 0 Å². The summed E-state index contributed by atoms with van der Waals surface area (Å²) in [5.74, 6) is 0.271. The van der Waals surface area contributed by atoms with Crippen molar-refractivity contribution in [2.75, 3.05) is 11.9 Å².